The van der Waals surface area contributed by atoms with Crippen molar-refractivity contribution in [3.05, 3.63) is 42.2 Å². The van der Waals surface area contributed by atoms with E-state index in [0.717, 1.165) is 0 Å². The minimum Gasteiger partial charge on any atom is -0.359 e. The van der Waals surface area contributed by atoms with Gasteiger partial charge in [-0.1, -0.05) is 6.92 Å². The highest BCUT2D eigenvalue weighted by molar-refractivity contribution is 7.52. The predicted molar refractivity (Wildman–Crippen MR) is 121 cm³/mol. The predicted octanol–water partition coefficient (Wildman–Crippen LogP) is 5.22. The molecule has 8 nitrogen and oxygen atoms in total. The molecule has 2 heterocycles. The highest BCUT2D eigenvalue weighted by Gasteiger charge is 2.28. The lowest BCUT2D eigenvalue weighted by atomic mass is 10.1. The van der Waals surface area contributed by atoms with Gasteiger partial charge in [-0.2, -0.15) is 18.2 Å². The average Bonchev–Trinajstić information content (AvgIpc) is 2.76. The number of aromatic nitrogens is 3. The van der Waals surface area contributed by atoms with Crippen molar-refractivity contribution in [2.24, 2.45) is 0 Å². The fourth-order valence-electron chi connectivity index (χ4n) is 2.90. The summed E-state index contributed by atoms with van der Waals surface area (Å²) in [5.74, 6) is -0.646. The first-order valence-electron chi connectivity index (χ1n) is 10.5. The van der Waals surface area contributed by atoms with Gasteiger partial charge in [0.15, 0.2) is 5.82 Å². The van der Waals surface area contributed by atoms with Gasteiger partial charge in [-0.15, -0.1) is 0 Å². The Bertz CT molecular complexity index is 1180. The van der Waals surface area contributed by atoms with Gasteiger partial charge < -0.3 is 20.1 Å². The molecule has 0 radical (unpaired) electrons. The van der Waals surface area contributed by atoms with Crippen LogP contribution in [0.5, 0.6) is 0 Å². The molecule has 34 heavy (non-hydrogen) atoms. The molecule has 2 aromatic heterocycles. The number of benzene rings is 1. The third-order valence-electron chi connectivity index (χ3n) is 4.74. The van der Waals surface area contributed by atoms with Crippen molar-refractivity contribution in [1.82, 2.24) is 15.0 Å². The van der Waals surface area contributed by atoms with Gasteiger partial charge in [0.2, 0.25) is 5.95 Å². The van der Waals surface area contributed by atoms with Gasteiger partial charge in [0.05, 0.1) is 23.5 Å². The molecule has 13 heteroatoms. The normalized spacial score (nSPS) is 14.6. The topological polar surface area (TPSA) is 109 Å². The second kappa shape index (κ2) is 10.6. The summed E-state index contributed by atoms with van der Waals surface area (Å²) in [5.41, 5.74) is 1.29. The van der Waals surface area contributed by atoms with E-state index in [-0.39, 0.29) is 35.5 Å². The van der Waals surface area contributed by atoms with Gasteiger partial charge in [-0.25, -0.2) is 14.4 Å². The lowest BCUT2D eigenvalue weighted by Gasteiger charge is -2.17. The molecule has 3 N–H and O–H groups in total. The maximum Gasteiger partial charge on any atom is 0.405 e. The summed E-state index contributed by atoms with van der Waals surface area (Å²) >= 11 is 0. The molecule has 0 amide bonds. The van der Waals surface area contributed by atoms with E-state index in [4.69, 9.17) is 4.52 Å². The average molecular weight is 501 g/mol. The number of anilines is 2. The van der Waals surface area contributed by atoms with E-state index in [1.54, 1.807) is 19.1 Å². The van der Waals surface area contributed by atoms with E-state index < -0.39 is 32.2 Å². The monoisotopic (exact) mass is 501 g/mol. The van der Waals surface area contributed by atoms with Gasteiger partial charge in [0, 0.05) is 12.1 Å². The highest BCUT2D eigenvalue weighted by atomic mass is 31.2. The van der Waals surface area contributed by atoms with Crippen molar-refractivity contribution in [2.75, 3.05) is 29.9 Å². The fraction of sp³-hybridized carbons (Fsp3) is 0.381. The lowest BCUT2D eigenvalue weighted by molar-refractivity contribution is -0.115. The van der Waals surface area contributed by atoms with Gasteiger partial charge in [-0.05, 0) is 49.7 Å². The zero-order valence-corrected chi connectivity index (χ0v) is 19.3. The van der Waals surface area contributed by atoms with Gasteiger partial charge in [-0.3, -0.25) is 4.57 Å². The third-order valence-corrected chi connectivity index (χ3v) is 6.21. The van der Waals surface area contributed by atoms with E-state index in [1.165, 1.54) is 24.3 Å². The number of hydrogen-bond donors (Lipinski definition) is 3. The van der Waals surface area contributed by atoms with Crippen LogP contribution in [0.15, 0.2) is 36.4 Å². The Labute approximate surface area is 193 Å². The molecule has 1 aromatic carbocycles. The van der Waals surface area contributed by atoms with E-state index in [1.807, 2.05) is 6.92 Å². The third kappa shape index (κ3) is 7.34. The van der Waals surface area contributed by atoms with Crippen LogP contribution < -0.4 is 10.6 Å². The van der Waals surface area contributed by atoms with E-state index in [9.17, 15) is 27.0 Å². The van der Waals surface area contributed by atoms with Crippen molar-refractivity contribution in [3.63, 3.8) is 0 Å². The Hall–Kier alpha value is -2.82. The Balaban J connectivity index is 1.87. The molecule has 0 spiro atoms. The minimum atomic E-state index is -4.50. The number of rotatable bonds is 10. The SMILES string of the molecule is CCC(C)OP(=O)(O)CCNc1nc(NCC(F)(F)F)c2nc(-c3ccc(F)cc3)ccc2n1. The van der Waals surface area contributed by atoms with Gasteiger partial charge in [0.1, 0.15) is 17.9 Å². The van der Waals surface area contributed by atoms with Crippen molar-refractivity contribution in [3.8, 4) is 11.3 Å². The van der Waals surface area contributed by atoms with Gasteiger partial charge in [0.25, 0.3) is 0 Å². The number of nitrogens with one attached hydrogen (secondary N) is 2. The maximum atomic E-state index is 13.2. The molecule has 0 aliphatic carbocycles. The molecule has 2 unspecified atom stereocenters. The summed E-state index contributed by atoms with van der Waals surface area (Å²) in [4.78, 5) is 22.6. The van der Waals surface area contributed by atoms with E-state index in [0.29, 0.717) is 17.7 Å². The summed E-state index contributed by atoms with van der Waals surface area (Å²) in [6, 6.07) is 8.64. The quantitative estimate of drug-likeness (QED) is 0.256. The number of nitrogens with zero attached hydrogens (tertiary/aromatic N) is 3. The summed E-state index contributed by atoms with van der Waals surface area (Å²) in [7, 11) is -3.86. The standard InChI is InChI=1S/C21H24F4N5O3P/c1-3-13(2)33-34(31,32)11-10-26-20-29-17-9-8-16(14-4-6-15(22)7-5-14)28-18(17)19(30-20)27-12-21(23,24)25/h4-9,13H,3,10-12H2,1-2H3,(H,31,32)(H2,26,27,29,30). The molecular weight excluding hydrogens is 477 g/mol. The lowest BCUT2D eigenvalue weighted by Crippen LogP contribution is -2.22. The van der Waals surface area contributed by atoms with Crippen LogP contribution in [0, 0.1) is 5.82 Å². The summed E-state index contributed by atoms with van der Waals surface area (Å²) in [6.45, 7) is 2.09. The number of halogens is 4. The molecule has 3 aromatic rings. The van der Waals surface area contributed by atoms with Crippen molar-refractivity contribution in [1.29, 1.82) is 0 Å². The number of hydrogen-bond acceptors (Lipinski definition) is 7. The number of alkyl halides is 3. The van der Waals surface area contributed by atoms with Crippen LogP contribution in [0.3, 0.4) is 0 Å². The van der Waals surface area contributed by atoms with Crippen LogP contribution in [0.1, 0.15) is 20.3 Å². The highest BCUT2D eigenvalue weighted by Crippen LogP contribution is 2.43. The Morgan fingerprint density at radius 3 is 2.44 bits per heavy atom. The number of pyridine rings is 1. The summed E-state index contributed by atoms with van der Waals surface area (Å²) in [6.07, 6.45) is -4.58. The molecule has 3 rings (SSSR count). The summed E-state index contributed by atoms with van der Waals surface area (Å²) < 4.78 is 69.0. The molecule has 0 bridgehead atoms. The van der Waals surface area contributed by atoms with Crippen LogP contribution in [-0.2, 0) is 9.09 Å². The molecule has 0 fully saturated rings. The van der Waals surface area contributed by atoms with Crippen LogP contribution in [0.4, 0.5) is 29.3 Å². The first-order chi connectivity index (χ1) is 16.0. The fourth-order valence-corrected chi connectivity index (χ4v) is 4.11. The van der Waals surface area contributed by atoms with Crippen LogP contribution >= 0.6 is 7.60 Å². The molecule has 184 valence electrons. The number of fused-ring (bicyclic) bond motifs is 1. The van der Waals surface area contributed by atoms with Crippen molar-refractivity contribution >= 4 is 30.4 Å². The second-order valence-electron chi connectivity index (χ2n) is 7.55. The smallest absolute Gasteiger partial charge is 0.359 e. The molecule has 0 aliphatic heterocycles. The molecular formula is C21H24F4N5O3P. The van der Waals surface area contributed by atoms with Crippen LogP contribution in [0.2, 0.25) is 0 Å². The maximum absolute atomic E-state index is 13.2. The van der Waals surface area contributed by atoms with Gasteiger partial charge >= 0.3 is 13.8 Å². The van der Waals surface area contributed by atoms with E-state index in [2.05, 4.69) is 25.6 Å². The van der Waals surface area contributed by atoms with Crippen LogP contribution in [0.25, 0.3) is 22.3 Å². The molecule has 2 atom stereocenters. The zero-order chi connectivity index (χ0) is 24.9. The molecule has 0 aliphatic rings. The molecule has 0 saturated heterocycles. The largest absolute Gasteiger partial charge is 0.405 e. The van der Waals surface area contributed by atoms with Crippen molar-refractivity contribution in [2.45, 2.75) is 32.5 Å². The minimum absolute atomic E-state index is 0.0444. The molecule has 0 saturated carbocycles. The Morgan fingerprint density at radius 1 is 1.09 bits per heavy atom. The Morgan fingerprint density at radius 2 is 1.79 bits per heavy atom. The first-order valence-corrected chi connectivity index (χ1v) is 12.2. The van der Waals surface area contributed by atoms with Crippen molar-refractivity contribution < 1.29 is 31.5 Å². The first kappa shape index (κ1) is 25.8. The summed E-state index contributed by atoms with van der Waals surface area (Å²) in [5, 5.41) is 4.98. The van der Waals surface area contributed by atoms with Crippen LogP contribution in [-0.4, -0.2) is 51.4 Å². The van der Waals surface area contributed by atoms with E-state index >= 15 is 0 Å². The second-order valence-corrected chi connectivity index (χ2v) is 9.48. The zero-order valence-electron chi connectivity index (χ0n) is 18.4. The Kier molecular flexibility index (Phi) is 8.06.